The van der Waals surface area contributed by atoms with Gasteiger partial charge in [0.25, 0.3) is 9.05 Å². The Bertz CT molecular complexity index is 563. The number of rotatable bonds is 3. The zero-order chi connectivity index (χ0) is 14.1. The lowest BCUT2D eigenvalue weighted by molar-refractivity contribution is -0.277. The molecular weight excluding hydrogens is 413 g/mol. The zero-order valence-electron chi connectivity index (χ0n) is 8.46. The van der Waals surface area contributed by atoms with Gasteiger partial charge in [-0.15, -0.1) is 13.2 Å². The molecule has 0 amide bonds. The lowest BCUT2D eigenvalue weighted by Crippen LogP contribution is -2.20. The number of methoxy groups -OCH3 is 1. The number of hydrogen-bond acceptors (Lipinski definition) is 5. The standard InChI is InChI=1S/C7H4ClF3INO4S/c1-16-3-2-4(12)13-6(17-7(9,10)11)5(3)18(8,14)15/h2H,1H3. The van der Waals surface area contributed by atoms with Crippen LogP contribution >= 0.6 is 33.3 Å². The largest absolute Gasteiger partial charge is 0.574 e. The minimum absolute atomic E-state index is 0.0489. The number of aromatic nitrogens is 1. The van der Waals surface area contributed by atoms with Crippen molar-refractivity contribution in [1.82, 2.24) is 4.98 Å². The molecule has 0 saturated heterocycles. The maximum absolute atomic E-state index is 12.1. The third-order valence-electron chi connectivity index (χ3n) is 1.55. The quantitative estimate of drug-likeness (QED) is 0.430. The van der Waals surface area contributed by atoms with Gasteiger partial charge in [0, 0.05) is 16.7 Å². The van der Waals surface area contributed by atoms with Gasteiger partial charge in [-0.1, -0.05) is 0 Å². The lowest BCUT2D eigenvalue weighted by atomic mass is 10.4. The number of halogens is 5. The molecule has 0 aliphatic heterocycles. The van der Waals surface area contributed by atoms with E-state index in [1.54, 1.807) is 22.6 Å². The summed E-state index contributed by atoms with van der Waals surface area (Å²) in [6.07, 6.45) is -5.10. The second-order valence-electron chi connectivity index (χ2n) is 2.77. The van der Waals surface area contributed by atoms with Crippen LogP contribution in [0.3, 0.4) is 0 Å². The van der Waals surface area contributed by atoms with Gasteiger partial charge < -0.3 is 9.47 Å². The van der Waals surface area contributed by atoms with E-state index in [0.717, 1.165) is 13.2 Å². The summed E-state index contributed by atoms with van der Waals surface area (Å²) in [5.41, 5.74) is 0. The van der Waals surface area contributed by atoms with Gasteiger partial charge in [0.15, 0.2) is 4.90 Å². The Kier molecular flexibility index (Phi) is 4.54. The molecular formula is C7H4ClF3INO4S. The first-order valence-electron chi connectivity index (χ1n) is 3.99. The summed E-state index contributed by atoms with van der Waals surface area (Å²) >= 11 is 1.57. The van der Waals surface area contributed by atoms with Gasteiger partial charge in [-0.25, -0.2) is 13.4 Å². The Morgan fingerprint density at radius 1 is 1.44 bits per heavy atom. The van der Waals surface area contributed by atoms with E-state index in [2.05, 4.69) is 14.5 Å². The van der Waals surface area contributed by atoms with Gasteiger partial charge in [0.05, 0.1) is 7.11 Å². The third-order valence-corrected chi connectivity index (χ3v) is 3.43. The molecule has 0 radical (unpaired) electrons. The fourth-order valence-electron chi connectivity index (χ4n) is 1.01. The summed E-state index contributed by atoms with van der Waals surface area (Å²) < 4.78 is 67.1. The highest BCUT2D eigenvalue weighted by molar-refractivity contribution is 14.1. The first-order valence-corrected chi connectivity index (χ1v) is 7.38. The lowest BCUT2D eigenvalue weighted by Gasteiger charge is -2.13. The fraction of sp³-hybridized carbons (Fsp3) is 0.286. The van der Waals surface area contributed by atoms with Crippen LogP contribution in [0.4, 0.5) is 13.2 Å². The Labute approximate surface area is 118 Å². The summed E-state index contributed by atoms with van der Waals surface area (Å²) in [6.45, 7) is 0. The van der Waals surface area contributed by atoms with Gasteiger partial charge in [0.1, 0.15) is 9.45 Å². The Hall–Kier alpha value is -0.490. The molecule has 102 valence electrons. The molecule has 0 unspecified atom stereocenters. The summed E-state index contributed by atoms with van der Waals surface area (Å²) in [5, 5.41) is 0. The topological polar surface area (TPSA) is 65.5 Å². The number of hydrogen-bond donors (Lipinski definition) is 0. The molecule has 0 saturated carbocycles. The minimum Gasteiger partial charge on any atom is -0.495 e. The molecule has 0 spiro atoms. The minimum atomic E-state index is -5.10. The molecule has 0 fully saturated rings. The molecule has 11 heteroatoms. The van der Waals surface area contributed by atoms with Crippen LogP contribution in [0.15, 0.2) is 11.0 Å². The Morgan fingerprint density at radius 3 is 2.39 bits per heavy atom. The van der Waals surface area contributed by atoms with E-state index in [9.17, 15) is 21.6 Å². The average Bonchev–Trinajstić information content (AvgIpc) is 2.11. The first kappa shape index (κ1) is 15.6. The molecule has 0 aliphatic carbocycles. The monoisotopic (exact) mass is 417 g/mol. The van der Waals surface area contributed by atoms with Crippen LogP contribution in [0.2, 0.25) is 0 Å². The Balaban J connectivity index is 3.53. The summed E-state index contributed by atoms with van der Waals surface area (Å²) in [4.78, 5) is 2.37. The highest BCUT2D eigenvalue weighted by Gasteiger charge is 2.36. The van der Waals surface area contributed by atoms with E-state index < -0.39 is 26.2 Å². The predicted octanol–water partition coefficient (Wildman–Crippen LogP) is 2.52. The summed E-state index contributed by atoms with van der Waals surface area (Å²) in [5.74, 6) is -1.56. The second kappa shape index (κ2) is 5.25. The smallest absolute Gasteiger partial charge is 0.495 e. The molecule has 18 heavy (non-hydrogen) atoms. The third kappa shape index (κ3) is 4.02. The maximum Gasteiger partial charge on any atom is 0.574 e. The molecule has 0 aliphatic rings. The number of alkyl halides is 3. The molecule has 1 rings (SSSR count). The van der Waals surface area contributed by atoms with Gasteiger partial charge in [-0.3, -0.25) is 0 Å². The van der Waals surface area contributed by atoms with E-state index in [0.29, 0.717) is 0 Å². The van der Waals surface area contributed by atoms with Crippen molar-refractivity contribution in [1.29, 1.82) is 0 Å². The van der Waals surface area contributed by atoms with Crippen LogP contribution in [-0.4, -0.2) is 26.9 Å². The second-order valence-corrected chi connectivity index (χ2v) is 6.38. The van der Waals surface area contributed by atoms with Crippen molar-refractivity contribution in [2.45, 2.75) is 11.3 Å². The number of pyridine rings is 1. The van der Waals surface area contributed by atoms with Crippen LogP contribution in [-0.2, 0) is 9.05 Å². The SMILES string of the molecule is COc1cc(I)nc(OC(F)(F)F)c1S(=O)(=O)Cl. The normalized spacial score (nSPS) is 12.3. The van der Waals surface area contributed by atoms with Crippen molar-refractivity contribution in [3.05, 3.63) is 9.77 Å². The molecule has 0 N–H and O–H groups in total. The van der Waals surface area contributed by atoms with E-state index >= 15 is 0 Å². The molecule has 0 atom stereocenters. The van der Waals surface area contributed by atoms with Crippen LogP contribution in [0.1, 0.15) is 0 Å². The van der Waals surface area contributed by atoms with Crippen molar-refractivity contribution < 1.29 is 31.1 Å². The molecule has 5 nitrogen and oxygen atoms in total. The highest BCUT2D eigenvalue weighted by atomic mass is 127. The van der Waals surface area contributed by atoms with Crippen molar-refractivity contribution in [2.75, 3.05) is 7.11 Å². The fourth-order valence-corrected chi connectivity index (χ4v) is 2.62. The molecule has 1 aromatic rings. The molecule has 1 aromatic heterocycles. The maximum atomic E-state index is 12.1. The van der Waals surface area contributed by atoms with Crippen LogP contribution in [0.25, 0.3) is 0 Å². The van der Waals surface area contributed by atoms with Crippen LogP contribution < -0.4 is 9.47 Å². The average molecular weight is 418 g/mol. The van der Waals surface area contributed by atoms with Crippen molar-refractivity contribution >= 4 is 42.3 Å². The Morgan fingerprint density at radius 2 is 2.00 bits per heavy atom. The van der Waals surface area contributed by atoms with Crippen molar-refractivity contribution in [3.8, 4) is 11.6 Å². The highest BCUT2D eigenvalue weighted by Crippen LogP contribution is 2.37. The van der Waals surface area contributed by atoms with E-state index in [1.165, 1.54) is 0 Å². The van der Waals surface area contributed by atoms with Crippen LogP contribution in [0, 0.1) is 3.70 Å². The number of ether oxygens (including phenoxy) is 2. The summed E-state index contributed by atoms with van der Waals surface area (Å²) in [6, 6.07) is 1.11. The van der Waals surface area contributed by atoms with Gasteiger partial charge in [0.2, 0.25) is 5.88 Å². The molecule has 0 bridgehead atoms. The van der Waals surface area contributed by atoms with Gasteiger partial charge >= 0.3 is 6.36 Å². The van der Waals surface area contributed by atoms with E-state index in [1.807, 2.05) is 0 Å². The molecule has 0 aromatic carbocycles. The van der Waals surface area contributed by atoms with Gasteiger partial charge in [-0.2, -0.15) is 0 Å². The summed E-state index contributed by atoms with van der Waals surface area (Å²) in [7, 11) is 1.60. The van der Waals surface area contributed by atoms with Crippen molar-refractivity contribution in [2.24, 2.45) is 0 Å². The van der Waals surface area contributed by atoms with Gasteiger partial charge in [-0.05, 0) is 22.6 Å². The van der Waals surface area contributed by atoms with E-state index in [-0.39, 0.29) is 9.45 Å². The zero-order valence-corrected chi connectivity index (χ0v) is 12.2. The van der Waals surface area contributed by atoms with Crippen molar-refractivity contribution in [3.63, 3.8) is 0 Å². The molecule has 1 heterocycles. The first-order chi connectivity index (χ1) is 8.04. The van der Waals surface area contributed by atoms with E-state index in [4.69, 9.17) is 10.7 Å². The predicted molar refractivity (Wildman–Crippen MR) is 63.2 cm³/mol. The number of nitrogens with zero attached hydrogens (tertiary/aromatic N) is 1. The van der Waals surface area contributed by atoms with Crippen LogP contribution in [0.5, 0.6) is 11.6 Å².